The number of carbonyl (C=O) groups excluding carboxylic acids is 1. The Morgan fingerprint density at radius 2 is 2.02 bits per heavy atom. The highest BCUT2D eigenvalue weighted by atomic mass is 35.5. The van der Waals surface area contributed by atoms with Gasteiger partial charge in [0.25, 0.3) is 0 Å². The molecule has 13 heteroatoms. The van der Waals surface area contributed by atoms with Crippen molar-refractivity contribution in [2.75, 3.05) is 37.7 Å². The lowest BCUT2D eigenvalue weighted by atomic mass is 9.95. The number of ether oxygens (including phenoxy) is 3. The van der Waals surface area contributed by atoms with E-state index in [2.05, 4.69) is 19.8 Å². The second kappa shape index (κ2) is 9.14. The van der Waals surface area contributed by atoms with E-state index < -0.39 is 23.1 Å². The van der Waals surface area contributed by atoms with E-state index in [1.807, 2.05) is 25.7 Å². The van der Waals surface area contributed by atoms with E-state index in [-0.39, 0.29) is 60.0 Å². The van der Waals surface area contributed by atoms with Crippen molar-refractivity contribution in [3.63, 3.8) is 0 Å². The van der Waals surface area contributed by atoms with Gasteiger partial charge in [-0.15, -0.1) is 0 Å². The molecule has 40 heavy (non-hydrogen) atoms. The van der Waals surface area contributed by atoms with Gasteiger partial charge in [0.1, 0.15) is 41.7 Å². The van der Waals surface area contributed by atoms with Crippen LogP contribution < -0.4 is 14.4 Å². The SMILES string of the molecule is CC(C)(C)OC(=O)N1[C@@H]2CC[C@H]1[C@H]1COc3nc(Cl)c(F)c4nc(OC[C@@]56CCCN5C[C@H](F)C6)nc(c34)N1C2. The van der Waals surface area contributed by atoms with Crippen molar-refractivity contribution in [3.05, 3.63) is 11.0 Å². The monoisotopic (exact) mass is 578 g/mol. The van der Waals surface area contributed by atoms with E-state index in [9.17, 15) is 9.18 Å². The lowest BCUT2D eigenvalue weighted by Crippen LogP contribution is -2.63. The van der Waals surface area contributed by atoms with E-state index in [1.165, 1.54) is 0 Å². The number of amides is 1. The van der Waals surface area contributed by atoms with Crippen LogP contribution in [0.25, 0.3) is 10.9 Å². The van der Waals surface area contributed by atoms with Crippen molar-refractivity contribution < 1.29 is 27.8 Å². The summed E-state index contributed by atoms with van der Waals surface area (Å²) in [7, 11) is 0. The maximum absolute atomic E-state index is 15.4. The highest BCUT2D eigenvalue weighted by Gasteiger charge is 2.52. The van der Waals surface area contributed by atoms with Gasteiger partial charge in [0.15, 0.2) is 11.0 Å². The molecular weight excluding hydrogens is 546 g/mol. The van der Waals surface area contributed by atoms with Gasteiger partial charge in [0.05, 0.1) is 23.7 Å². The summed E-state index contributed by atoms with van der Waals surface area (Å²) in [6.07, 6.45) is 2.52. The molecule has 0 saturated carbocycles. The summed E-state index contributed by atoms with van der Waals surface area (Å²) >= 11 is 6.17. The van der Waals surface area contributed by atoms with Crippen LogP contribution in [0.4, 0.5) is 19.4 Å². The number of rotatable bonds is 3. The zero-order valence-corrected chi connectivity index (χ0v) is 23.6. The topological polar surface area (TPSA) is 93.1 Å². The average molecular weight is 579 g/mol. The van der Waals surface area contributed by atoms with E-state index in [1.54, 1.807) is 0 Å². The van der Waals surface area contributed by atoms with Crippen LogP contribution in [0.5, 0.6) is 11.9 Å². The van der Waals surface area contributed by atoms with Crippen LogP contribution in [0.3, 0.4) is 0 Å². The number of pyridine rings is 1. The Balaban J connectivity index is 1.26. The molecule has 0 unspecified atom stereocenters. The van der Waals surface area contributed by atoms with Crippen LogP contribution in [0.1, 0.15) is 52.9 Å². The number of fused-ring (bicyclic) bond motifs is 6. The summed E-state index contributed by atoms with van der Waals surface area (Å²) in [6.45, 7) is 7.64. The quantitative estimate of drug-likeness (QED) is 0.499. The summed E-state index contributed by atoms with van der Waals surface area (Å²) in [4.78, 5) is 32.6. The minimum absolute atomic E-state index is 0.000665. The van der Waals surface area contributed by atoms with Gasteiger partial charge in [-0.1, -0.05) is 11.6 Å². The Hall–Kier alpha value is -2.73. The van der Waals surface area contributed by atoms with E-state index in [4.69, 9.17) is 30.8 Å². The van der Waals surface area contributed by atoms with Crippen molar-refractivity contribution in [1.29, 1.82) is 0 Å². The third-order valence-electron chi connectivity index (χ3n) is 8.97. The molecule has 1 amide bonds. The lowest BCUT2D eigenvalue weighted by Gasteiger charge is -2.46. The first-order valence-electron chi connectivity index (χ1n) is 14.0. The predicted octanol–water partition coefficient (Wildman–Crippen LogP) is 4.12. The van der Waals surface area contributed by atoms with E-state index >= 15 is 4.39 Å². The molecule has 0 radical (unpaired) electrons. The van der Waals surface area contributed by atoms with Crippen LogP contribution in [-0.2, 0) is 4.74 Å². The number of carbonyl (C=O) groups is 1. The van der Waals surface area contributed by atoms with E-state index in [0.717, 1.165) is 32.2 Å². The lowest BCUT2D eigenvalue weighted by molar-refractivity contribution is 0.00538. The molecule has 5 atom stereocenters. The number of piperazine rings is 1. The van der Waals surface area contributed by atoms with Crippen LogP contribution in [-0.4, -0.2) is 99.1 Å². The molecule has 7 rings (SSSR count). The first-order valence-corrected chi connectivity index (χ1v) is 14.4. The highest BCUT2D eigenvalue weighted by Crippen LogP contribution is 2.45. The Bertz CT molecular complexity index is 1380. The first kappa shape index (κ1) is 26.2. The molecule has 4 fully saturated rings. The number of nitrogens with zero attached hydrogens (tertiary/aromatic N) is 6. The van der Waals surface area contributed by atoms with Gasteiger partial charge in [0, 0.05) is 19.5 Å². The van der Waals surface area contributed by atoms with Gasteiger partial charge in [-0.2, -0.15) is 15.0 Å². The van der Waals surface area contributed by atoms with Crippen LogP contribution in [0.15, 0.2) is 0 Å². The van der Waals surface area contributed by atoms with Gasteiger partial charge in [-0.25, -0.2) is 13.6 Å². The number of hydrogen-bond acceptors (Lipinski definition) is 9. The smallest absolute Gasteiger partial charge is 0.410 e. The summed E-state index contributed by atoms with van der Waals surface area (Å²) in [5.74, 6) is -0.192. The summed E-state index contributed by atoms with van der Waals surface area (Å²) in [6, 6.07) is -0.577. The number of anilines is 1. The second-order valence-electron chi connectivity index (χ2n) is 12.7. The molecule has 2 aromatic rings. The molecule has 5 aliphatic heterocycles. The molecule has 0 aliphatic carbocycles. The number of alkyl halides is 1. The predicted molar refractivity (Wildman–Crippen MR) is 142 cm³/mol. The molecule has 0 aromatic carbocycles. The van der Waals surface area contributed by atoms with Crippen molar-refractivity contribution in [3.8, 4) is 11.9 Å². The van der Waals surface area contributed by atoms with Gasteiger partial charge < -0.3 is 19.1 Å². The fourth-order valence-corrected chi connectivity index (χ4v) is 7.51. The van der Waals surface area contributed by atoms with Crippen LogP contribution in [0, 0.1) is 5.82 Å². The number of halogens is 3. The molecule has 4 saturated heterocycles. The molecule has 2 aromatic heterocycles. The van der Waals surface area contributed by atoms with Crippen molar-refractivity contribution in [1.82, 2.24) is 24.8 Å². The summed E-state index contributed by atoms with van der Waals surface area (Å²) in [5, 5.41) is -0.0290. The summed E-state index contributed by atoms with van der Waals surface area (Å²) < 4.78 is 47.7. The Kier molecular flexibility index (Phi) is 5.98. The van der Waals surface area contributed by atoms with Gasteiger partial charge in [-0.3, -0.25) is 9.80 Å². The molecule has 0 spiro atoms. The zero-order chi connectivity index (χ0) is 28.0. The second-order valence-corrected chi connectivity index (χ2v) is 13.0. The van der Waals surface area contributed by atoms with Gasteiger partial charge in [0.2, 0.25) is 5.88 Å². The maximum atomic E-state index is 15.4. The van der Waals surface area contributed by atoms with Crippen molar-refractivity contribution >= 4 is 34.4 Å². The van der Waals surface area contributed by atoms with Crippen molar-refractivity contribution in [2.24, 2.45) is 0 Å². The minimum atomic E-state index is -0.898. The fraction of sp³-hybridized carbons (Fsp3) is 0.704. The third-order valence-corrected chi connectivity index (χ3v) is 9.22. The summed E-state index contributed by atoms with van der Waals surface area (Å²) in [5.41, 5.74) is -1.06. The molecule has 10 nitrogen and oxygen atoms in total. The normalized spacial score (nSPS) is 31.1. The molecule has 216 valence electrons. The van der Waals surface area contributed by atoms with Crippen molar-refractivity contribution in [2.45, 2.75) is 88.3 Å². The number of aromatic nitrogens is 3. The number of hydrogen-bond donors (Lipinski definition) is 0. The van der Waals surface area contributed by atoms with Gasteiger partial charge >= 0.3 is 12.1 Å². The zero-order valence-electron chi connectivity index (χ0n) is 22.8. The molecule has 5 aliphatic rings. The standard InChI is InChI=1S/C27H33ClF2N6O4/c1-26(2,3)40-25(37)36-15-5-6-16(36)17-12-38-23-18-20(19(30)21(28)32-23)31-24(33-22(18)35(17)11-15)39-13-27-7-4-8-34(27)10-14(29)9-27/h14-17H,4-13H2,1-3H3/t14-,15-,16+,17-,27+/m1/s1. The minimum Gasteiger partial charge on any atom is -0.475 e. The van der Waals surface area contributed by atoms with Crippen LogP contribution in [0.2, 0.25) is 5.15 Å². The Morgan fingerprint density at radius 3 is 2.83 bits per heavy atom. The largest absolute Gasteiger partial charge is 0.475 e. The molecule has 2 bridgehead atoms. The molecule has 7 heterocycles. The molecule has 0 N–H and O–H groups in total. The van der Waals surface area contributed by atoms with Crippen LogP contribution >= 0.6 is 11.6 Å². The highest BCUT2D eigenvalue weighted by molar-refractivity contribution is 6.30. The van der Waals surface area contributed by atoms with Gasteiger partial charge in [-0.05, 0) is 53.0 Å². The Labute approximate surface area is 235 Å². The first-order chi connectivity index (χ1) is 19.0. The third kappa shape index (κ3) is 4.12. The maximum Gasteiger partial charge on any atom is 0.410 e. The Morgan fingerprint density at radius 1 is 1.20 bits per heavy atom. The average Bonchev–Trinajstić information content (AvgIpc) is 3.48. The van der Waals surface area contributed by atoms with E-state index in [0.29, 0.717) is 30.7 Å². The fourth-order valence-electron chi connectivity index (χ4n) is 7.35. The molecular formula is C27H33ClF2N6O4.